The lowest BCUT2D eigenvalue weighted by Crippen LogP contribution is -2.49. The van der Waals surface area contributed by atoms with Gasteiger partial charge in [-0.05, 0) is 42.7 Å². The van der Waals surface area contributed by atoms with Crippen molar-refractivity contribution < 1.29 is 14.3 Å². The van der Waals surface area contributed by atoms with Crippen molar-refractivity contribution in [2.45, 2.75) is 18.3 Å². The number of benzene rings is 2. The third-order valence-corrected chi connectivity index (χ3v) is 5.60. The molecule has 29 heavy (non-hydrogen) atoms. The molecule has 1 aliphatic heterocycles. The fourth-order valence-corrected chi connectivity index (χ4v) is 3.94. The fraction of sp³-hybridized carbons (Fsp3) is 0.273. The second kappa shape index (κ2) is 7.87. The Morgan fingerprint density at radius 2 is 1.69 bits per heavy atom. The average Bonchev–Trinajstić information content (AvgIpc) is 3.34. The van der Waals surface area contributed by atoms with E-state index in [9.17, 15) is 9.59 Å². The molecule has 148 valence electrons. The van der Waals surface area contributed by atoms with Crippen molar-refractivity contribution >= 4 is 11.9 Å². The molecular formula is C22H22N4O3. The van der Waals surface area contributed by atoms with Crippen LogP contribution in [0.4, 0.5) is 0 Å². The normalized spacial score (nSPS) is 15.7. The molecule has 2 heterocycles. The largest absolute Gasteiger partial charge is 0.468 e. The molecule has 0 spiro atoms. The van der Waals surface area contributed by atoms with Gasteiger partial charge in [0, 0.05) is 18.7 Å². The molecule has 0 unspecified atom stereocenters. The molecular weight excluding hydrogens is 368 g/mol. The van der Waals surface area contributed by atoms with Gasteiger partial charge >= 0.3 is 5.97 Å². The number of amides is 1. The smallest absolute Gasteiger partial charge is 0.316 e. The van der Waals surface area contributed by atoms with E-state index < -0.39 is 5.41 Å². The van der Waals surface area contributed by atoms with Gasteiger partial charge < -0.3 is 9.64 Å². The first kappa shape index (κ1) is 18.9. The average molecular weight is 390 g/mol. The number of hydrogen-bond acceptors (Lipinski definition) is 5. The highest BCUT2D eigenvalue weighted by Crippen LogP contribution is 2.37. The zero-order valence-electron chi connectivity index (χ0n) is 16.2. The quantitative estimate of drug-likeness (QED) is 0.640. The molecule has 0 radical (unpaired) electrons. The summed E-state index contributed by atoms with van der Waals surface area (Å²) in [4.78, 5) is 31.3. The maximum absolute atomic E-state index is 13.0. The Bertz CT molecular complexity index is 977. The van der Waals surface area contributed by atoms with Crippen LogP contribution in [0.3, 0.4) is 0 Å². The van der Waals surface area contributed by atoms with Gasteiger partial charge in [0.15, 0.2) is 0 Å². The van der Waals surface area contributed by atoms with Gasteiger partial charge in [-0.2, -0.15) is 5.10 Å². The van der Waals surface area contributed by atoms with Crippen LogP contribution in [-0.4, -0.2) is 51.7 Å². The number of esters is 1. The lowest BCUT2D eigenvalue weighted by atomic mass is 9.72. The van der Waals surface area contributed by atoms with Crippen LogP contribution in [0.5, 0.6) is 0 Å². The van der Waals surface area contributed by atoms with Gasteiger partial charge in [0.25, 0.3) is 5.91 Å². The van der Waals surface area contributed by atoms with E-state index in [1.807, 2.05) is 42.5 Å². The van der Waals surface area contributed by atoms with Crippen molar-refractivity contribution in [1.29, 1.82) is 0 Å². The van der Waals surface area contributed by atoms with Crippen LogP contribution >= 0.6 is 0 Å². The van der Waals surface area contributed by atoms with E-state index in [2.05, 4.69) is 10.1 Å². The zero-order valence-corrected chi connectivity index (χ0v) is 16.2. The second-order valence-electron chi connectivity index (χ2n) is 7.12. The highest BCUT2D eigenvalue weighted by atomic mass is 16.5. The Balaban J connectivity index is 1.49. The molecule has 1 aliphatic rings. The number of likely N-dealkylation sites (tertiary alicyclic amines) is 1. The summed E-state index contributed by atoms with van der Waals surface area (Å²) in [5.41, 5.74) is 1.69. The molecule has 0 aliphatic carbocycles. The summed E-state index contributed by atoms with van der Waals surface area (Å²) in [5.74, 6) is -0.283. The first-order valence-corrected chi connectivity index (χ1v) is 9.52. The Hall–Kier alpha value is -3.48. The molecule has 3 aromatic rings. The number of methoxy groups -OCH3 is 1. The Morgan fingerprint density at radius 3 is 2.28 bits per heavy atom. The summed E-state index contributed by atoms with van der Waals surface area (Å²) in [6.45, 7) is 0.987. The standard InChI is InChI=1S/C22H22N4O3/c1-29-21(28)22(18-5-3-2-4-6-18)11-13-25(14-12-22)20(27)17-7-9-19(10-8-17)26-16-23-15-24-26/h2-10,15-16H,11-14H2,1H3. The number of carbonyl (C=O) groups excluding carboxylic acids is 2. The molecule has 1 fully saturated rings. The van der Waals surface area contributed by atoms with Crippen molar-refractivity contribution in [1.82, 2.24) is 19.7 Å². The van der Waals surface area contributed by atoms with Crippen molar-refractivity contribution in [2.24, 2.45) is 0 Å². The fourth-order valence-electron chi connectivity index (χ4n) is 3.94. The van der Waals surface area contributed by atoms with Gasteiger partial charge in [-0.1, -0.05) is 30.3 Å². The van der Waals surface area contributed by atoms with Crippen LogP contribution in [-0.2, 0) is 14.9 Å². The maximum atomic E-state index is 13.0. The predicted octanol–water partition coefficient (Wildman–Crippen LogP) is 2.61. The minimum absolute atomic E-state index is 0.0401. The molecule has 0 saturated carbocycles. The third-order valence-electron chi connectivity index (χ3n) is 5.60. The number of nitrogens with zero attached hydrogens (tertiary/aromatic N) is 4. The van der Waals surface area contributed by atoms with Crippen LogP contribution in [0.15, 0.2) is 67.3 Å². The molecule has 0 bridgehead atoms. The van der Waals surface area contributed by atoms with E-state index in [4.69, 9.17) is 4.74 Å². The van der Waals surface area contributed by atoms with Crippen molar-refractivity contribution in [2.75, 3.05) is 20.2 Å². The third kappa shape index (κ3) is 3.51. The summed E-state index contributed by atoms with van der Waals surface area (Å²) in [7, 11) is 1.42. The Morgan fingerprint density at radius 1 is 1.00 bits per heavy atom. The summed E-state index contributed by atoms with van der Waals surface area (Å²) >= 11 is 0. The van der Waals surface area contributed by atoms with E-state index in [1.165, 1.54) is 13.4 Å². The van der Waals surface area contributed by atoms with Crippen LogP contribution in [0.1, 0.15) is 28.8 Å². The number of aromatic nitrogens is 3. The van der Waals surface area contributed by atoms with Crippen molar-refractivity contribution in [3.05, 3.63) is 78.4 Å². The number of piperidine rings is 1. The Labute approximate surface area is 168 Å². The van der Waals surface area contributed by atoms with E-state index in [0.717, 1.165) is 11.3 Å². The predicted molar refractivity (Wildman–Crippen MR) is 107 cm³/mol. The minimum Gasteiger partial charge on any atom is -0.468 e. The van der Waals surface area contributed by atoms with Gasteiger partial charge in [-0.3, -0.25) is 9.59 Å². The van der Waals surface area contributed by atoms with Crippen LogP contribution < -0.4 is 0 Å². The van der Waals surface area contributed by atoms with Crippen molar-refractivity contribution in [3.8, 4) is 5.69 Å². The molecule has 0 atom stereocenters. The van der Waals surface area contributed by atoms with Gasteiger partial charge in [0.2, 0.25) is 0 Å². The molecule has 1 saturated heterocycles. The van der Waals surface area contributed by atoms with E-state index in [0.29, 0.717) is 31.5 Å². The van der Waals surface area contributed by atoms with Gasteiger partial charge in [-0.25, -0.2) is 9.67 Å². The van der Waals surface area contributed by atoms with Crippen LogP contribution in [0, 0.1) is 0 Å². The lowest BCUT2D eigenvalue weighted by Gasteiger charge is -2.40. The second-order valence-corrected chi connectivity index (χ2v) is 7.12. The molecule has 7 heteroatoms. The SMILES string of the molecule is COC(=O)C1(c2ccccc2)CCN(C(=O)c2ccc(-n3cncn3)cc2)CC1. The first-order chi connectivity index (χ1) is 14.1. The monoisotopic (exact) mass is 390 g/mol. The zero-order chi connectivity index (χ0) is 20.3. The summed E-state index contributed by atoms with van der Waals surface area (Å²) in [6.07, 6.45) is 4.14. The minimum atomic E-state index is -0.705. The number of carbonyl (C=O) groups is 2. The highest BCUT2D eigenvalue weighted by molar-refractivity contribution is 5.95. The number of hydrogen-bond donors (Lipinski definition) is 0. The van der Waals surface area contributed by atoms with Crippen LogP contribution in [0.25, 0.3) is 5.69 Å². The molecule has 7 nitrogen and oxygen atoms in total. The molecule has 2 aromatic carbocycles. The maximum Gasteiger partial charge on any atom is 0.316 e. The molecule has 4 rings (SSSR count). The molecule has 0 N–H and O–H groups in total. The number of rotatable bonds is 4. The van der Waals surface area contributed by atoms with Gasteiger partial charge in [0.1, 0.15) is 12.7 Å². The lowest BCUT2D eigenvalue weighted by molar-refractivity contribution is -0.149. The summed E-state index contributed by atoms with van der Waals surface area (Å²) in [6, 6.07) is 17.0. The van der Waals surface area contributed by atoms with E-state index in [1.54, 1.807) is 28.0 Å². The van der Waals surface area contributed by atoms with Gasteiger partial charge in [0.05, 0.1) is 18.2 Å². The Kier molecular flexibility index (Phi) is 5.12. The number of ether oxygens (including phenoxy) is 1. The first-order valence-electron chi connectivity index (χ1n) is 9.52. The highest BCUT2D eigenvalue weighted by Gasteiger charge is 2.44. The van der Waals surface area contributed by atoms with Gasteiger partial charge in [-0.15, -0.1) is 0 Å². The molecule has 1 aromatic heterocycles. The van der Waals surface area contributed by atoms with E-state index in [-0.39, 0.29) is 11.9 Å². The topological polar surface area (TPSA) is 77.3 Å². The van der Waals surface area contributed by atoms with Crippen molar-refractivity contribution in [3.63, 3.8) is 0 Å². The van der Waals surface area contributed by atoms with Crippen LogP contribution in [0.2, 0.25) is 0 Å². The molecule has 1 amide bonds. The van der Waals surface area contributed by atoms with E-state index >= 15 is 0 Å². The summed E-state index contributed by atoms with van der Waals surface area (Å²) in [5, 5.41) is 4.09. The summed E-state index contributed by atoms with van der Waals surface area (Å²) < 4.78 is 6.76.